The minimum atomic E-state index is -0.304. The van der Waals surface area contributed by atoms with E-state index in [2.05, 4.69) is 55.2 Å². The van der Waals surface area contributed by atoms with Crippen molar-refractivity contribution in [1.29, 1.82) is 0 Å². The summed E-state index contributed by atoms with van der Waals surface area (Å²) < 4.78 is 0. The van der Waals surface area contributed by atoms with E-state index >= 15 is 0 Å². The van der Waals surface area contributed by atoms with Gasteiger partial charge in [-0.3, -0.25) is 4.98 Å². The summed E-state index contributed by atoms with van der Waals surface area (Å²) in [5.41, 5.74) is 5.72. The molecule has 2 aliphatic heterocycles. The number of aromatic hydroxyl groups is 1. The van der Waals surface area contributed by atoms with Gasteiger partial charge in [-0.15, -0.1) is 0 Å². The van der Waals surface area contributed by atoms with Crippen LogP contribution in [0.25, 0.3) is 5.57 Å². The summed E-state index contributed by atoms with van der Waals surface area (Å²) in [4.78, 5) is 8.81. The first-order valence-corrected chi connectivity index (χ1v) is 12.0. The molecule has 0 spiro atoms. The van der Waals surface area contributed by atoms with Gasteiger partial charge < -0.3 is 20.2 Å². The van der Waals surface area contributed by atoms with Crippen LogP contribution >= 0.6 is 23.8 Å². The van der Waals surface area contributed by atoms with Gasteiger partial charge >= 0.3 is 0 Å². The number of hydrogen-bond acceptors (Lipinski definition) is 4. The normalized spacial score (nSPS) is 21.2. The van der Waals surface area contributed by atoms with Crippen LogP contribution in [-0.4, -0.2) is 27.8 Å². The Kier molecular flexibility index (Phi) is 5.53. The number of phenols is 1. The van der Waals surface area contributed by atoms with Crippen LogP contribution in [0.4, 0.5) is 11.4 Å². The topological polar surface area (TPSA) is 51.6 Å². The summed E-state index contributed by atoms with van der Waals surface area (Å²) in [6, 6.07) is 16.7. The number of pyridine rings is 1. The molecule has 0 bridgehead atoms. The Bertz CT molecular complexity index is 1310. The molecule has 1 saturated heterocycles. The van der Waals surface area contributed by atoms with Gasteiger partial charge in [0.2, 0.25) is 0 Å². The van der Waals surface area contributed by atoms with Crippen molar-refractivity contribution in [3.05, 3.63) is 88.7 Å². The maximum Gasteiger partial charge on any atom is 0.174 e. The van der Waals surface area contributed by atoms with Crippen molar-refractivity contribution in [3.63, 3.8) is 0 Å². The molecule has 0 amide bonds. The molecule has 0 saturated carbocycles. The van der Waals surface area contributed by atoms with Crippen LogP contribution in [0.1, 0.15) is 49.7 Å². The number of fused-ring (bicyclic) bond motifs is 1. The molecule has 1 fully saturated rings. The number of nitrogens with one attached hydrogen (secondary N) is 1. The van der Waals surface area contributed by atoms with Crippen molar-refractivity contribution in [1.82, 2.24) is 10.3 Å². The number of aromatic nitrogens is 1. The van der Waals surface area contributed by atoms with Gasteiger partial charge in [0, 0.05) is 29.5 Å². The van der Waals surface area contributed by atoms with Gasteiger partial charge in [0.05, 0.1) is 29.0 Å². The summed E-state index contributed by atoms with van der Waals surface area (Å²) in [5.74, 6) is 0.157. The molecule has 34 heavy (non-hydrogen) atoms. The van der Waals surface area contributed by atoms with Crippen LogP contribution in [0.15, 0.2) is 66.9 Å². The Morgan fingerprint density at radius 3 is 2.53 bits per heavy atom. The molecule has 3 heterocycles. The van der Waals surface area contributed by atoms with Gasteiger partial charge in [-0.25, -0.2) is 0 Å². The number of hydrogen-bond donors (Lipinski definition) is 2. The molecule has 3 aromatic rings. The number of anilines is 2. The molecule has 7 heteroatoms. The van der Waals surface area contributed by atoms with E-state index in [4.69, 9.17) is 23.8 Å². The lowest BCUT2D eigenvalue weighted by atomic mass is 9.86. The van der Waals surface area contributed by atoms with Gasteiger partial charge in [0.25, 0.3) is 0 Å². The number of likely N-dealkylation sites (N-methyl/N-ethyl adjacent to an activating group) is 1. The Balaban J connectivity index is 1.72. The Morgan fingerprint density at radius 2 is 1.82 bits per heavy atom. The summed E-state index contributed by atoms with van der Waals surface area (Å²) in [6.07, 6.45) is 4.06. The van der Waals surface area contributed by atoms with E-state index in [1.54, 1.807) is 18.3 Å². The minimum absolute atomic E-state index is 0.114. The van der Waals surface area contributed by atoms with Gasteiger partial charge in [0.15, 0.2) is 5.11 Å². The highest BCUT2D eigenvalue weighted by molar-refractivity contribution is 7.80. The van der Waals surface area contributed by atoms with Crippen LogP contribution in [-0.2, 0) is 0 Å². The van der Waals surface area contributed by atoms with Crippen molar-refractivity contribution in [3.8, 4) is 5.75 Å². The van der Waals surface area contributed by atoms with E-state index in [0.29, 0.717) is 15.8 Å². The summed E-state index contributed by atoms with van der Waals surface area (Å²) in [7, 11) is 2.09. The number of allylic oxidation sites excluding steroid dienone is 1. The summed E-state index contributed by atoms with van der Waals surface area (Å²) in [6.45, 7) is 6.52. The smallest absolute Gasteiger partial charge is 0.174 e. The minimum Gasteiger partial charge on any atom is -0.506 e. The zero-order valence-corrected chi connectivity index (χ0v) is 21.2. The molecular formula is C27H27ClN4OS. The monoisotopic (exact) mass is 490 g/mol. The highest BCUT2D eigenvalue weighted by Gasteiger charge is 2.43. The van der Waals surface area contributed by atoms with E-state index in [0.717, 1.165) is 22.5 Å². The Labute approximate surface area is 210 Å². The number of para-hydroxylation sites is 2. The first-order valence-electron chi connectivity index (χ1n) is 11.2. The van der Waals surface area contributed by atoms with Crippen molar-refractivity contribution in [2.24, 2.45) is 0 Å². The lowest BCUT2D eigenvalue weighted by molar-refractivity contribution is 0.473. The maximum absolute atomic E-state index is 10.7. The number of nitrogens with zero attached hydrogens (tertiary/aromatic N) is 3. The van der Waals surface area contributed by atoms with Crippen LogP contribution in [0.5, 0.6) is 5.75 Å². The second-order valence-corrected chi connectivity index (χ2v) is 10.2. The van der Waals surface area contributed by atoms with E-state index in [9.17, 15) is 5.11 Å². The zero-order valence-electron chi connectivity index (χ0n) is 19.6. The van der Waals surface area contributed by atoms with E-state index < -0.39 is 0 Å². The Morgan fingerprint density at radius 1 is 1.09 bits per heavy atom. The fourth-order valence-corrected chi connectivity index (χ4v) is 5.62. The third-order valence-electron chi connectivity index (χ3n) is 6.89. The number of halogens is 1. The molecule has 5 rings (SSSR count). The standard InChI is InChI=1S/C27H27ClN4OS/c1-16-15-27(2,3)31(4)22-14-19(28)18(13-17(16)22)25-24(20-9-7-8-12-29-20)30-26(34)32(25)21-10-5-6-11-23(21)33/h5-15,24-25,33H,1-4H3,(H,30,34). The lowest BCUT2D eigenvalue weighted by Gasteiger charge is -2.41. The third kappa shape index (κ3) is 3.62. The molecule has 2 atom stereocenters. The van der Waals surface area contributed by atoms with Crippen molar-refractivity contribution in [2.45, 2.75) is 38.4 Å². The highest BCUT2D eigenvalue weighted by Crippen LogP contribution is 2.49. The second kappa shape index (κ2) is 8.29. The van der Waals surface area contributed by atoms with Gasteiger partial charge in [-0.1, -0.05) is 35.9 Å². The summed E-state index contributed by atoms with van der Waals surface area (Å²) >= 11 is 12.8. The first kappa shape index (κ1) is 22.7. The number of benzene rings is 2. The van der Waals surface area contributed by atoms with Crippen LogP contribution in [0.2, 0.25) is 5.02 Å². The molecule has 1 aromatic heterocycles. The van der Waals surface area contributed by atoms with Gasteiger partial charge in [0.1, 0.15) is 5.75 Å². The SMILES string of the molecule is CC1=CC(C)(C)N(C)c2cc(Cl)c(C3C(c4ccccn4)NC(=S)N3c3ccccc3O)cc21. The molecule has 174 valence electrons. The zero-order chi connectivity index (χ0) is 24.2. The number of phenolic OH excluding ortho intramolecular Hbond substituents is 1. The van der Waals surface area contributed by atoms with Gasteiger partial charge in [-0.05, 0) is 80.5 Å². The first-order chi connectivity index (χ1) is 16.2. The van der Waals surface area contributed by atoms with Crippen molar-refractivity contribution < 1.29 is 5.11 Å². The van der Waals surface area contributed by atoms with Crippen LogP contribution < -0.4 is 15.1 Å². The quantitative estimate of drug-likeness (QED) is 0.423. The van der Waals surface area contributed by atoms with Crippen molar-refractivity contribution >= 4 is 45.9 Å². The molecule has 2 aromatic carbocycles. The largest absolute Gasteiger partial charge is 0.506 e. The molecule has 2 unspecified atom stereocenters. The molecule has 5 nitrogen and oxygen atoms in total. The predicted molar refractivity (Wildman–Crippen MR) is 144 cm³/mol. The van der Waals surface area contributed by atoms with E-state index in [1.807, 2.05) is 41.3 Å². The average Bonchev–Trinajstić information content (AvgIpc) is 3.14. The number of thiocarbonyl (C=S) groups is 1. The predicted octanol–water partition coefficient (Wildman–Crippen LogP) is 6.25. The molecule has 0 radical (unpaired) electrons. The molecule has 2 aliphatic rings. The fourth-order valence-electron chi connectivity index (χ4n) is 5.01. The average molecular weight is 491 g/mol. The van der Waals surface area contributed by atoms with Crippen molar-refractivity contribution in [2.75, 3.05) is 16.8 Å². The Hall–Kier alpha value is -3.09. The van der Waals surface area contributed by atoms with Gasteiger partial charge in [-0.2, -0.15) is 0 Å². The summed E-state index contributed by atoms with van der Waals surface area (Å²) in [5, 5.41) is 15.3. The van der Waals surface area contributed by atoms with Crippen LogP contribution in [0, 0.1) is 0 Å². The number of rotatable bonds is 3. The molecular weight excluding hydrogens is 464 g/mol. The molecule has 2 N–H and O–H groups in total. The lowest BCUT2D eigenvalue weighted by Crippen LogP contribution is -2.42. The third-order valence-corrected chi connectivity index (χ3v) is 7.54. The van der Waals surface area contributed by atoms with E-state index in [1.165, 1.54) is 5.57 Å². The molecule has 0 aliphatic carbocycles. The fraction of sp³-hybridized carbons (Fsp3) is 0.259. The highest BCUT2D eigenvalue weighted by atomic mass is 35.5. The van der Waals surface area contributed by atoms with Crippen LogP contribution in [0.3, 0.4) is 0 Å². The maximum atomic E-state index is 10.7. The second-order valence-electron chi connectivity index (χ2n) is 9.42. The van der Waals surface area contributed by atoms with E-state index in [-0.39, 0.29) is 23.4 Å².